The number of hydrogen-bond acceptors (Lipinski definition) is 6. The Morgan fingerprint density at radius 1 is 1.21 bits per heavy atom. The number of furan rings is 1. The maximum absolute atomic E-state index is 11.9. The molecule has 3 heterocycles. The Balaban J connectivity index is 1.66. The van der Waals surface area contributed by atoms with Gasteiger partial charge in [0.2, 0.25) is 0 Å². The van der Waals surface area contributed by atoms with Crippen LogP contribution < -0.4 is 5.32 Å². The van der Waals surface area contributed by atoms with E-state index in [1.54, 1.807) is 18.3 Å². The van der Waals surface area contributed by atoms with Crippen molar-refractivity contribution in [1.82, 2.24) is 20.1 Å². The van der Waals surface area contributed by atoms with Crippen LogP contribution in [-0.4, -0.2) is 60.2 Å². The zero-order valence-electron chi connectivity index (χ0n) is 19.0. The molecule has 2 aromatic heterocycles. The quantitative estimate of drug-likeness (QED) is 0.396. The minimum atomic E-state index is -0.378. The van der Waals surface area contributed by atoms with E-state index in [0.29, 0.717) is 16.4 Å². The van der Waals surface area contributed by atoms with Crippen molar-refractivity contribution in [3.05, 3.63) is 77.8 Å². The van der Waals surface area contributed by atoms with E-state index in [-0.39, 0.29) is 18.1 Å². The molecule has 172 valence electrons. The number of nitrogens with one attached hydrogen (secondary N) is 1. The highest BCUT2D eigenvalue weighted by Gasteiger charge is 2.41. The molecule has 0 amide bonds. The van der Waals surface area contributed by atoms with Crippen molar-refractivity contribution in [2.45, 2.75) is 18.5 Å². The van der Waals surface area contributed by atoms with Crippen LogP contribution in [0.5, 0.6) is 0 Å². The van der Waals surface area contributed by atoms with Gasteiger partial charge in [-0.3, -0.25) is 4.98 Å². The molecule has 1 aromatic carbocycles. The van der Waals surface area contributed by atoms with Crippen LogP contribution in [0.2, 0.25) is 0 Å². The molecule has 33 heavy (non-hydrogen) atoms. The zero-order chi connectivity index (χ0) is 23.4. The van der Waals surface area contributed by atoms with Crippen LogP contribution >= 0.6 is 12.2 Å². The summed E-state index contributed by atoms with van der Waals surface area (Å²) < 4.78 is 11.2. The molecule has 0 aliphatic carbocycles. The summed E-state index contributed by atoms with van der Waals surface area (Å²) >= 11 is 5.71. The SMILES string of the molecule is COC(=O)c1cccc(-c2ccc([C@@H]3[C@@H](c4ccccn4)NC(=S)N3CCCN(C)C)o2)c1. The molecule has 0 saturated carbocycles. The highest BCUT2D eigenvalue weighted by Crippen LogP contribution is 2.40. The third kappa shape index (κ3) is 5.07. The number of ether oxygens (including phenoxy) is 1. The number of esters is 1. The summed E-state index contributed by atoms with van der Waals surface area (Å²) in [6.45, 7) is 1.76. The molecule has 7 nitrogen and oxygen atoms in total. The fraction of sp³-hybridized carbons (Fsp3) is 0.320. The third-order valence-corrected chi connectivity index (χ3v) is 6.04. The van der Waals surface area contributed by atoms with Crippen LogP contribution in [0, 0.1) is 0 Å². The number of hydrogen-bond donors (Lipinski definition) is 1. The van der Waals surface area contributed by atoms with Gasteiger partial charge in [0.25, 0.3) is 0 Å². The molecule has 1 fully saturated rings. The van der Waals surface area contributed by atoms with Crippen LogP contribution in [0.3, 0.4) is 0 Å². The second kappa shape index (κ2) is 10.1. The second-order valence-corrected chi connectivity index (χ2v) is 8.64. The molecule has 8 heteroatoms. The van der Waals surface area contributed by atoms with Gasteiger partial charge in [0.15, 0.2) is 5.11 Å². The Morgan fingerprint density at radius 2 is 2.06 bits per heavy atom. The van der Waals surface area contributed by atoms with Crippen LogP contribution in [0.4, 0.5) is 0 Å². The van der Waals surface area contributed by atoms with Gasteiger partial charge in [0.05, 0.1) is 24.4 Å². The molecule has 2 atom stereocenters. The number of carbonyl (C=O) groups excluding carboxylic acids is 1. The average molecular weight is 465 g/mol. The summed E-state index contributed by atoms with van der Waals surface area (Å²) in [5.41, 5.74) is 2.20. The lowest BCUT2D eigenvalue weighted by Crippen LogP contribution is -2.32. The Labute approximate surface area is 199 Å². The number of benzene rings is 1. The standard InChI is InChI=1S/C25H28N4O3S/c1-28(2)14-7-15-29-23(22(27-25(29)33)19-10-4-5-13-26-19)21-12-11-20(32-21)17-8-6-9-18(16-17)24(30)31-3/h4-6,8-13,16,22-23H,7,14-15H2,1-3H3,(H,27,33)/t22-,23-/m1/s1. The summed E-state index contributed by atoms with van der Waals surface area (Å²) in [6.07, 6.45) is 2.76. The van der Waals surface area contributed by atoms with E-state index in [4.69, 9.17) is 21.4 Å². The largest absolute Gasteiger partial charge is 0.465 e. The van der Waals surface area contributed by atoms with E-state index in [1.165, 1.54) is 7.11 Å². The first-order valence-electron chi connectivity index (χ1n) is 10.9. The predicted molar refractivity (Wildman–Crippen MR) is 131 cm³/mol. The van der Waals surface area contributed by atoms with Crippen molar-refractivity contribution in [2.75, 3.05) is 34.3 Å². The Morgan fingerprint density at radius 3 is 2.79 bits per heavy atom. The second-order valence-electron chi connectivity index (χ2n) is 8.25. The number of rotatable bonds is 8. The van der Waals surface area contributed by atoms with E-state index in [9.17, 15) is 4.79 Å². The molecule has 0 unspecified atom stereocenters. The van der Waals surface area contributed by atoms with Gasteiger partial charge in [-0.2, -0.15) is 0 Å². The summed E-state index contributed by atoms with van der Waals surface area (Å²) in [7, 11) is 5.50. The summed E-state index contributed by atoms with van der Waals surface area (Å²) in [5, 5.41) is 4.14. The number of nitrogens with zero attached hydrogens (tertiary/aromatic N) is 3. The van der Waals surface area contributed by atoms with E-state index in [0.717, 1.165) is 36.5 Å². The maximum Gasteiger partial charge on any atom is 0.337 e. The molecule has 3 aromatic rings. The molecule has 0 radical (unpaired) electrons. The summed E-state index contributed by atoms with van der Waals surface area (Å²) in [6, 6.07) is 16.8. The van der Waals surface area contributed by atoms with Crippen LogP contribution in [0.25, 0.3) is 11.3 Å². The van der Waals surface area contributed by atoms with Crippen molar-refractivity contribution in [2.24, 2.45) is 0 Å². The molecule has 1 saturated heterocycles. The molecule has 1 aliphatic heterocycles. The highest BCUT2D eigenvalue weighted by atomic mass is 32.1. The molecule has 1 aliphatic rings. The number of carbonyl (C=O) groups is 1. The van der Waals surface area contributed by atoms with E-state index in [1.807, 2.05) is 42.5 Å². The summed E-state index contributed by atoms with van der Waals surface area (Å²) in [5.74, 6) is 1.10. The van der Waals surface area contributed by atoms with Gasteiger partial charge >= 0.3 is 5.97 Å². The molecule has 1 N–H and O–H groups in total. The number of pyridine rings is 1. The monoisotopic (exact) mass is 464 g/mol. The molecular weight excluding hydrogens is 436 g/mol. The number of methoxy groups -OCH3 is 1. The van der Waals surface area contributed by atoms with Crippen LogP contribution in [-0.2, 0) is 4.74 Å². The van der Waals surface area contributed by atoms with Gasteiger partial charge < -0.3 is 24.3 Å². The zero-order valence-corrected chi connectivity index (χ0v) is 19.8. The van der Waals surface area contributed by atoms with E-state index < -0.39 is 0 Å². The Kier molecular flexibility index (Phi) is 7.05. The van der Waals surface area contributed by atoms with Crippen LogP contribution in [0.15, 0.2) is 65.2 Å². The minimum Gasteiger partial charge on any atom is -0.465 e. The van der Waals surface area contributed by atoms with E-state index in [2.05, 4.69) is 34.2 Å². The smallest absolute Gasteiger partial charge is 0.337 e. The molecule has 0 bridgehead atoms. The molecular formula is C25H28N4O3S. The molecule has 0 spiro atoms. The normalized spacial score (nSPS) is 17.9. The topological polar surface area (TPSA) is 70.8 Å². The van der Waals surface area contributed by atoms with Gasteiger partial charge in [-0.15, -0.1) is 0 Å². The van der Waals surface area contributed by atoms with Crippen molar-refractivity contribution < 1.29 is 13.9 Å². The van der Waals surface area contributed by atoms with Gasteiger partial charge in [0, 0.05) is 18.3 Å². The number of aromatic nitrogens is 1. The van der Waals surface area contributed by atoms with Crippen molar-refractivity contribution in [1.29, 1.82) is 0 Å². The third-order valence-electron chi connectivity index (χ3n) is 5.69. The van der Waals surface area contributed by atoms with Gasteiger partial charge in [-0.25, -0.2) is 4.79 Å². The number of thiocarbonyl (C=S) groups is 1. The van der Waals surface area contributed by atoms with Crippen molar-refractivity contribution in [3.63, 3.8) is 0 Å². The first-order valence-corrected chi connectivity index (χ1v) is 11.3. The van der Waals surface area contributed by atoms with Gasteiger partial charge in [-0.1, -0.05) is 18.2 Å². The highest BCUT2D eigenvalue weighted by molar-refractivity contribution is 7.80. The lowest BCUT2D eigenvalue weighted by Gasteiger charge is -2.26. The Bertz CT molecular complexity index is 1120. The fourth-order valence-electron chi connectivity index (χ4n) is 4.10. The Hall–Kier alpha value is -3.23. The first kappa shape index (κ1) is 22.9. The molecule has 4 rings (SSSR count). The van der Waals surface area contributed by atoms with Crippen LogP contribution in [0.1, 0.15) is 40.3 Å². The lowest BCUT2D eigenvalue weighted by molar-refractivity contribution is 0.0601. The fourth-order valence-corrected chi connectivity index (χ4v) is 4.43. The predicted octanol–water partition coefficient (Wildman–Crippen LogP) is 4.05. The van der Waals surface area contributed by atoms with Gasteiger partial charge in [-0.05, 0) is 75.7 Å². The van der Waals surface area contributed by atoms with Crippen molar-refractivity contribution >= 4 is 23.3 Å². The maximum atomic E-state index is 11.9. The first-order chi connectivity index (χ1) is 16.0. The average Bonchev–Trinajstić information content (AvgIpc) is 3.44. The van der Waals surface area contributed by atoms with Crippen molar-refractivity contribution in [3.8, 4) is 11.3 Å². The lowest BCUT2D eigenvalue weighted by atomic mass is 10.0. The summed E-state index contributed by atoms with van der Waals surface area (Å²) in [4.78, 5) is 20.9. The van der Waals surface area contributed by atoms with Gasteiger partial charge in [0.1, 0.15) is 17.6 Å². The minimum absolute atomic E-state index is 0.126. The van der Waals surface area contributed by atoms with E-state index >= 15 is 0 Å².